The second-order valence-electron chi connectivity index (χ2n) is 12.1. The highest BCUT2D eigenvalue weighted by Crippen LogP contribution is 2.46. The Morgan fingerprint density at radius 3 is 2.58 bits per heavy atom. The first-order valence-electron chi connectivity index (χ1n) is 14.7. The van der Waals surface area contributed by atoms with Crippen LogP contribution in [-0.2, 0) is 13.6 Å². The number of imidazole rings is 1. The number of aliphatic hydroxyl groups excluding tert-OH is 1. The van der Waals surface area contributed by atoms with E-state index in [9.17, 15) is 9.90 Å². The Hall–Kier alpha value is -2.88. The smallest absolute Gasteiger partial charge is 0.254 e. The molecule has 212 valence electrons. The van der Waals surface area contributed by atoms with Gasteiger partial charge in [-0.05, 0) is 98.9 Å². The first-order valence-corrected chi connectivity index (χ1v) is 15.6. The van der Waals surface area contributed by atoms with E-state index < -0.39 is 0 Å². The van der Waals surface area contributed by atoms with E-state index >= 15 is 0 Å². The van der Waals surface area contributed by atoms with Gasteiger partial charge in [-0.3, -0.25) is 4.79 Å². The van der Waals surface area contributed by atoms with Gasteiger partial charge in [-0.1, -0.05) is 0 Å². The number of amides is 1. The van der Waals surface area contributed by atoms with Crippen LogP contribution in [0.5, 0.6) is 5.75 Å². The molecule has 1 aliphatic heterocycles. The van der Waals surface area contributed by atoms with Gasteiger partial charge < -0.3 is 29.6 Å². The molecule has 0 unspecified atom stereocenters. The average Bonchev–Trinajstić information content (AvgIpc) is 3.35. The molecule has 3 aliphatic carbocycles. The fourth-order valence-corrected chi connectivity index (χ4v) is 8.39. The van der Waals surface area contributed by atoms with Crippen LogP contribution in [0.3, 0.4) is 0 Å². The maximum absolute atomic E-state index is 13.5. The van der Waals surface area contributed by atoms with Gasteiger partial charge in [0.15, 0.2) is 5.82 Å². The van der Waals surface area contributed by atoms with Crippen molar-refractivity contribution in [2.24, 2.45) is 24.6 Å². The molecule has 1 saturated heterocycles. The maximum atomic E-state index is 13.5. The van der Waals surface area contributed by atoms with Crippen molar-refractivity contribution in [3.8, 4) is 17.3 Å². The highest BCUT2D eigenvalue weighted by molar-refractivity contribution is 7.17. The normalized spacial score (nSPS) is 25.4. The first-order chi connectivity index (χ1) is 19.5. The molecule has 9 heteroatoms. The number of ether oxygens (including phenoxy) is 1. The summed E-state index contributed by atoms with van der Waals surface area (Å²) in [5.74, 6) is 3.53. The van der Waals surface area contributed by atoms with Crippen molar-refractivity contribution in [3.63, 3.8) is 0 Å². The second kappa shape index (κ2) is 9.89. The van der Waals surface area contributed by atoms with Crippen molar-refractivity contribution >= 4 is 38.5 Å². The molecule has 0 radical (unpaired) electrons. The Kier molecular flexibility index (Phi) is 6.44. The minimum Gasteiger partial charge on any atom is -0.494 e. The summed E-state index contributed by atoms with van der Waals surface area (Å²) in [5.41, 5.74) is 10.7. The van der Waals surface area contributed by atoms with Crippen LogP contribution in [0.1, 0.15) is 66.8 Å². The van der Waals surface area contributed by atoms with Gasteiger partial charge in [0.1, 0.15) is 11.3 Å². The molecule has 3 N–H and O–H groups in total. The van der Waals surface area contributed by atoms with E-state index in [-0.39, 0.29) is 12.0 Å². The van der Waals surface area contributed by atoms with E-state index in [4.69, 9.17) is 9.72 Å². The summed E-state index contributed by atoms with van der Waals surface area (Å²) in [4.78, 5) is 20.8. The molecular formula is C31H39N5O3S. The molecule has 4 aromatic rings. The van der Waals surface area contributed by atoms with Gasteiger partial charge in [0.05, 0.1) is 34.6 Å². The minimum absolute atomic E-state index is 0.106. The maximum Gasteiger partial charge on any atom is 0.254 e. The number of methoxy groups -OCH3 is 1. The number of piperidine rings is 1. The molecule has 1 aromatic carbocycles. The number of carbonyl (C=O) groups is 1. The Bertz CT molecular complexity index is 1590. The number of likely N-dealkylation sites (tertiary alicyclic amines) is 1. The second-order valence-corrected chi connectivity index (χ2v) is 13.1. The van der Waals surface area contributed by atoms with Crippen molar-refractivity contribution in [2.75, 3.05) is 20.7 Å². The van der Waals surface area contributed by atoms with E-state index in [0.29, 0.717) is 35.1 Å². The number of nitrogens with two attached hydrogens (primary N) is 1. The lowest BCUT2D eigenvalue weighted by atomic mass is 9.78. The third-order valence-corrected chi connectivity index (χ3v) is 10.6. The SMILES string of the molecule is CN.COc1cc(C(=O)N2C[C@H]3CC[C@@H]2C3)cc2nc(-c3cc4scc(C5CC(O)C5)c4n3CC3CC3)n(C)c12. The first kappa shape index (κ1) is 26.0. The quantitative estimate of drug-likeness (QED) is 0.341. The van der Waals surface area contributed by atoms with Crippen molar-refractivity contribution < 1.29 is 14.6 Å². The van der Waals surface area contributed by atoms with Gasteiger partial charge in [0.25, 0.3) is 5.91 Å². The molecule has 1 amide bonds. The van der Waals surface area contributed by atoms with Crippen molar-refractivity contribution in [2.45, 2.75) is 69.6 Å². The zero-order valence-corrected chi connectivity index (χ0v) is 24.4. The Labute approximate surface area is 238 Å². The number of hydrogen-bond donors (Lipinski definition) is 2. The van der Waals surface area contributed by atoms with E-state index in [1.807, 2.05) is 12.1 Å². The predicted octanol–water partition coefficient (Wildman–Crippen LogP) is 5.11. The molecule has 40 heavy (non-hydrogen) atoms. The summed E-state index contributed by atoms with van der Waals surface area (Å²) in [7, 11) is 5.23. The van der Waals surface area contributed by atoms with Crippen LogP contribution >= 0.6 is 11.3 Å². The largest absolute Gasteiger partial charge is 0.494 e. The lowest BCUT2D eigenvalue weighted by Gasteiger charge is -2.31. The fraction of sp³-hybridized carbons (Fsp3) is 0.548. The molecule has 8 nitrogen and oxygen atoms in total. The highest BCUT2D eigenvalue weighted by Gasteiger charge is 2.41. The monoisotopic (exact) mass is 561 g/mol. The van der Waals surface area contributed by atoms with Crippen LogP contribution in [0, 0.1) is 11.8 Å². The molecule has 3 saturated carbocycles. The lowest BCUT2D eigenvalue weighted by molar-refractivity contribution is 0.0703. The molecule has 8 rings (SSSR count). The van der Waals surface area contributed by atoms with E-state index in [1.165, 1.54) is 42.1 Å². The number of fused-ring (bicyclic) bond motifs is 4. The Balaban J connectivity index is 0.00000130. The van der Waals surface area contributed by atoms with Gasteiger partial charge in [0.2, 0.25) is 0 Å². The molecule has 0 spiro atoms. The lowest BCUT2D eigenvalue weighted by Crippen LogP contribution is -2.37. The van der Waals surface area contributed by atoms with Crippen LogP contribution in [-0.4, -0.2) is 62.9 Å². The third kappa shape index (κ3) is 4.08. The average molecular weight is 562 g/mol. The molecular weight excluding hydrogens is 522 g/mol. The number of thiophene rings is 1. The van der Waals surface area contributed by atoms with Crippen molar-refractivity contribution in [1.29, 1.82) is 0 Å². The van der Waals surface area contributed by atoms with Crippen molar-refractivity contribution in [3.05, 3.63) is 34.7 Å². The highest BCUT2D eigenvalue weighted by atomic mass is 32.1. The summed E-state index contributed by atoms with van der Waals surface area (Å²) in [6.07, 6.45) is 7.63. The summed E-state index contributed by atoms with van der Waals surface area (Å²) < 4.78 is 11.8. The molecule has 4 aliphatic rings. The number of nitrogens with zero attached hydrogens (tertiary/aromatic N) is 4. The molecule has 3 aromatic heterocycles. The van der Waals surface area contributed by atoms with E-state index in [1.54, 1.807) is 18.4 Å². The molecule has 2 bridgehead atoms. The van der Waals surface area contributed by atoms with E-state index in [2.05, 4.69) is 38.3 Å². The molecule has 4 fully saturated rings. The summed E-state index contributed by atoms with van der Waals surface area (Å²) >= 11 is 1.80. The predicted molar refractivity (Wildman–Crippen MR) is 159 cm³/mol. The topological polar surface area (TPSA) is 98.5 Å². The van der Waals surface area contributed by atoms with Crippen LogP contribution in [0.15, 0.2) is 23.6 Å². The van der Waals surface area contributed by atoms with Crippen LogP contribution < -0.4 is 10.5 Å². The summed E-state index contributed by atoms with van der Waals surface area (Å²) in [6.45, 7) is 1.88. The number of aryl methyl sites for hydroxylation is 1. The van der Waals surface area contributed by atoms with Crippen LogP contribution in [0.2, 0.25) is 0 Å². The van der Waals surface area contributed by atoms with Gasteiger partial charge >= 0.3 is 0 Å². The number of aromatic nitrogens is 3. The van der Waals surface area contributed by atoms with Crippen LogP contribution in [0.4, 0.5) is 0 Å². The minimum atomic E-state index is -0.166. The number of hydrogen-bond acceptors (Lipinski definition) is 6. The van der Waals surface area contributed by atoms with Crippen molar-refractivity contribution in [1.82, 2.24) is 19.0 Å². The number of aliphatic hydroxyl groups is 1. The van der Waals surface area contributed by atoms with Gasteiger partial charge in [0, 0.05) is 31.7 Å². The van der Waals surface area contributed by atoms with Crippen LogP contribution in [0.25, 0.3) is 32.8 Å². The zero-order chi connectivity index (χ0) is 27.7. The Morgan fingerprint density at radius 1 is 1.12 bits per heavy atom. The zero-order valence-electron chi connectivity index (χ0n) is 23.6. The van der Waals surface area contributed by atoms with Gasteiger partial charge in [-0.2, -0.15) is 0 Å². The van der Waals surface area contributed by atoms with Gasteiger partial charge in [-0.25, -0.2) is 4.98 Å². The van der Waals surface area contributed by atoms with E-state index in [0.717, 1.165) is 61.3 Å². The molecule has 4 heterocycles. The Morgan fingerprint density at radius 2 is 1.93 bits per heavy atom. The number of rotatable bonds is 6. The third-order valence-electron chi connectivity index (χ3n) is 9.64. The summed E-state index contributed by atoms with van der Waals surface area (Å²) in [6, 6.07) is 6.55. The van der Waals surface area contributed by atoms with Gasteiger partial charge in [-0.15, -0.1) is 11.3 Å². The fourth-order valence-electron chi connectivity index (χ4n) is 7.32. The standard InChI is InChI=1S/C30H34N4O3S.CH5N/c1-32-28-23(10-19(11-25(28)37-2)30(36)33-14-17-5-6-20(33)7-17)31-29(32)24-12-26-27(34(24)13-16-3-4-16)22(15-38-26)18-8-21(35)9-18;1-2/h10-12,15-18,20-21,35H,3-9,13-14H2,1-2H3;2H2,1H3/t17-,18?,20+,21?;/m0./s1. The number of benzene rings is 1. The molecule has 2 atom stereocenters. The number of carbonyl (C=O) groups excluding carboxylic acids is 1. The summed E-state index contributed by atoms with van der Waals surface area (Å²) in [5, 5.41) is 12.3.